The fourth-order valence-corrected chi connectivity index (χ4v) is 2.72. The van der Waals surface area contributed by atoms with Crippen LogP contribution in [0.2, 0.25) is 0 Å². The molecule has 22 heavy (non-hydrogen) atoms. The van der Waals surface area contributed by atoms with E-state index < -0.39 is 9.84 Å². The van der Waals surface area contributed by atoms with Crippen LogP contribution in [0.4, 0.5) is 0 Å². The molecule has 4 nitrogen and oxygen atoms in total. The first-order valence-electron chi connectivity index (χ1n) is 7.05. The Bertz CT molecular complexity index is 722. The van der Waals surface area contributed by atoms with E-state index in [1.165, 1.54) is 17.7 Å². The predicted molar refractivity (Wildman–Crippen MR) is 86.4 cm³/mol. The molecule has 116 valence electrons. The molecule has 0 spiro atoms. The lowest BCUT2D eigenvalue weighted by Gasteiger charge is -2.06. The van der Waals surface area contributed by atoms with Crippen LogP contribution in [-0.2, 0) is 27.5 Å². The third-order valence-electron chi connectivity index (χ3n) is 3.29. The van der Waals surface area contributed by atoms with Crippen molar-refractivity contribution in [2.75, 3.05) is 12.8 Å². The number of carbonyl (C=O) groups is 1. The van der Waals surface area contributed by atoms with Gasteiger partial charge in [0.15, 0.2) is 9.84 Å². The summed E-state index contributed by atoms with van der Waals surface area (Å²) in [6, 6.07) is 16.4. The number of hydrogen-bond acceptors (Lipinski definition) is 3. The highest BCUT2D eigenvalue weighted by molar-refractivity contribution is 7.90. The second-order valence-corrected chi connectivity index (χ2v) is 7.19. The molecule has 1 amide bonds. The van der Waals surface area contributed by atoms with Gasteiger partial charge in [-0.15, -0.1) is 0 Å². The highest BCUT2D eigenvalue weighted by Gasteiger charge is 2.08. The van der Waals surface area contributed by atoms with E-state index >= 15 is 0 Å². The monoisotopic (exact) mass is 317 g/mol. The molecule has 2 aromatic rings. The second kappa shape index (κ2) is 7.22. The highest BCUT2D eigenvalue weighted by atomic mass is 32.2. The topological polar surface area (TPSA) is 63.2 Å². The number of rotatable bonds is 6. The van der Waals surface area contributed by atoms with Crippen molar-refractivity contribution in [2.45, 2.75) is 17.7 Å². The predicted octanol–water partition coefficient (Wildman–Crippen LogP) is 1.99. The molecule has 0 atom stereocenters. The van der Waals surface area contributed by atoms with Crippen molar-refractivity contribution in [3.63, 3.8) is 0 Å². The lowest BCUT2D eigenvalue weighted by molar-refractivity contribution is -0.120. The summed E-state index contributed by atoms with van der Waals surface area (Å²) in [4.78, 5) is 12.1. The first-order chi connectivity index (χ1) is 10.4. The number of benzene rings is 2. The summed E-state index contributed by atoms with van der Waals surface area (Å²) in [5.74, 6) is -0.0666. The van der Waals surface area contributed by atoms with E-state index in [9.17, 15) is 13.2 Å². The summed E-state index contributed by atoms with van der Waals surface area (Å²) in [7, 11) is -3.19. The van der Waals surface area contributed by atoms with E-state index in [0.29, 0.717) is 6.54 Å². The lowest BCUT2D eigenvalue weighted by Crippen LogP contribution is -2.27. The molecule has 2 rings (SSSR count). The quantitative estimate of drug-likeness (QED) is 0.886. The average Bonchev–Trinajstić information content (AvgIpc) is 2.48. The normalized spacial score (nSPS) is 11.1. The summed E-state index contributed by atoms with van der Waals surface area (Å²) in [6.07, 6.45) is 2.21. The summed E-state index contributed by atoms with van der Waals surface area (Å²) >= 11 is 0. The van der Waals surface area contributed by atoms with Crippen LogP contribution >= 0.6 is 0 Å². The van der Waals surface area contributed by atoms with Gasteiger partial charge in [0.25, 0.3) is 0 Å². The molecule has 0 unspecified atom stereocenters. The SMILES string of the molecule is CS(=O)(=O)c1ccc(CC(=O)NCCc2ccccc2)cc1. The van der Waals surface area contributed by atoms with Crippen LogP contribution in [0.5, 0.6) is 0 Å². The van der Waals surface area contributed by atoms with Crippen molar-refractivity contribution >= 4 is 15.7 Å². The third kappa shape index (κ3) is 5.00. The Morgan fingerprint density at radius 3 is 2.18 bits per heavy atom. The zero-order chi connectivity index (χ0) is 16.0. The second-order valence-electron chi connectivity index (χ2n) is 5.18. The molecule has 0 bridgehead atoms. The maximum Gasteiger partial charge on any atom is 0.224 e. The Morgan fingerprint density at radius 1 is 0.955 bits per heavy atom. The molecular weight excluding hydrogens is 298 g/mol. The Morgan fingerprint density at radius 2 is 1.59 bits per heavy atom. The lowest BCUT2D eigenvalue weighted by atomic mass is 10.1. The molecule has 0 aliphatic rings. The summed E-state index contributed by atoms with van der Waals surface area (Å²) < 4.78 is 22.7. The van der Waals surface area contributed by atoms with Crippen molar-refractivity contribution in [1.82, 2.24) is 5.32 Å². The third-order valence-corrected chi connectivity index (χ3v) is 4.42. The molecule has 0 radical (unpaired) electrons. The van der Waals surface area contributed by atoms with Crippen LogP contribution in [0.1, 0.15) is 11.1 Å². The van der Waals surface area contributed by atoms with Crippen LogP contribution in [0, 0.1) is 0 Å². The molecule has 0 aromatic heterocycles. The van der Waals surface area contributed by atoms with Crippen molar-refractivity contribution in [3.8, 4) is 0 Å². The Hall–Kier alpha value is -2.14. The maximum atomic E-state index is 11.9. The van der Waals surface area contributed by atoms with Gasteiger partial charge in [0, 0.05) is 12.8 Å². The van der Waals surface area contributed by atoms with Crippen molar-refractivity contribution < 1.29 is 13.2 Å². The van der Waals surface area contributed by atoms with E-state index in [-0.39, 0.29) is 17.2 Å². The fraction of sp³-hybridized carbons (Fsp3) is 0.235. The van der Waals surface area contributed by atoms with Gasteiger partial charge in [0.05, 0.1) is 11.3 Å². The fourth-order valence-electron chi connectivity index (χ4n) is 2.09. The van der Waals surface area contributed by atoms with Gasteiger partial charge in [-0.25, -0.2) is 8.42 Å². The number of hydrogen-bond donors (Lipinski definition) is 1. The molecular formula is C17H19NO3S. The number of nitrogens with one attached hydrogen (secondary N) is 1. The Kier molecular flexibility index (Phi) is 5.33. The summed E-state index contributed by atoms with van der Waals surface area (Å²) in [5, 5.41) is 2.87. The van der Waals surface area contributed by atoms with Crippen LogP contribution in [0.15, 0.2) is 59.5 Å². The largest absolute Gasteiger partial charge is 0.355 e. The zero-order valence-electron chi connectivity index (χ0n) is 12.5. The molecule has 0 aliphatic heterocycles. The highest BCUT2D eigenvalue weighted by Crippen LogP contribution is 2.10. The van der Waals surface area contributed by atoms with Gasteiger partial charge in [0.2, 0.25) is 5.91 Å². The molecule has 0 saturated heterocycles. The molecule has 2 aromatic carbocycles. The first kappa shape index (κ1) is 16.2. The van der Waals surface area contributed by atoms with Crippen LogP contribution in [-0.4, -0.2) is 27.1 Å². The van der Waals surface area contributed by atoms with Gasteiger partial charge in [-0.1, -0.05) is 42.5 Å². The smallest absolute Gasteiger partial charge is 0.224 e. The van der Waals surface area contributed by atoms with Crippen molar-refractivity contribution in [3.05, 3.63) is 65.7 Å². The van der Waals surface area contributed by atoms with E-state index in [4.69, 9.17) is 0 Å². The van der Waals surface area contributed by atoms with Crippen LogP contribution < -0.4 is 5.32 Å². The molecule has 0 heterocycles. The molecule has 1 N–H and O–H groups in total. The van der Waals surface area contributed by atoms with E-state index in [2.05, 4.69) is 5.32 Å². The number of sulfone groups is 1. The van der Waals surface area contributed by atoms with Crippen molar-refractivity contribution in [1.29, 1.82) is 0 Å². The standard InChI is InChI=1S/C17H19NO3S/c1-22(20,21)16-9-7-15(8-10-16)13-17(19)18-12-11-14-5-3-2-4-6-14/h2-10H,11-13H2,1H3,(H,18,19). The van der Waals surface area contributed by atoms with Gasteiger partial charge < -0.3 is 5.32 Å². The van der Waals surface area contributed by atoms with Crippen molar-refractivity contribution in [2.24, 2.45) is 0 Å². The van der Waals surface area contributed by atoms with E-state index in [1.807, 2.05) is 30.3 Å². The Labute approximate surface area is 131 Å². The zero-order valence-corrected chi connectivity index (χ0v) is 13.3. The Balaban J connectivity index is 1.82. The minimum atomic E-state index is -3.19. The number of carbonyl (C=O) groups excluding carboxylic acids is 1. The van der Waals surface area contributed by atoms with E-state index in [1.54, 1.807) is 12.1 Å². The van der Waals surface area contributed by atoms with Crippen LogP contribution in [0.3, 0.4) is 0 Å². The molecule has 0 saturated carbocycles. The number of amides is 1. The van der Waals surface area contributed by atoms with Crippen LogP contribution in [0.25, 0.3) is 0 Å². The maximum absolute atomic E-state index is 11.9. The van der Waals surface area contributed by atoms with Gasteiger partial charge >= 0.3 is 0 Å². The van der Waals surface area contributed by atoms with Gasteiger partial charge in [-0.05, 0) is 29.7 Å². The minimum Gasteiger partial charge on any atom is -0.355 e. The molecule has 0 fully saturated rings. The summed E-state index contributed by atoms with van der Waals surface area (Å²) in [5.41, 5.74) is 1.98. The molecule has 0 aliphatic carbocycles. The average molecular weight is 317 g/mol. The van der Waals surface area contributed by atoms with E-state index in [0.717, 1.165) is 18.2 Å². The summed E-state index contributed by atoms with van der Waals surface area (Å²) in [6.45, 7) is 0.588. The van der Waals surface area contributed by atoms with Gasteiger partial charge in [0.1, 0.15) is 0 Å². The minimum absolute atomic E-state index is 0.0666. The first-order valence-corrected chi connectivity index (χ1v) is 8.94. The molecule has 5 heteroatoms. The van der Waals surface area contributed by atoms with Gasteiger partial charge in [-0.3, -0.25) is 4.79 Å². The van der Waals surface area contributed by atoms with Gasteiger partial charge in [-0.2, -0.15) is 0 Å².